The molecule has 1 fully saturated rings. The molecule has 0 saturated carbocycles. The summed E-state index contributed by atoms with van der Waals surface area (Å²) in [5.74, 6) is 2.10. The maximum atomic E-state index is 12.5. The molecule has 1 N–H and O–H groups in total. The molecular weight excluding hydrogens is 376 g/mol. The molecule has 0 spiro atoms. The number of aromatic nitrogens is 2. The lowest BCUT2D eigenvalue weighted by Gasteiger charge is -2.31. The Hall–Kier alpha value is -3.10. The third-order valence-electron chi connectivity index (χ3n) is 5.13. The van der Waals surface area contributed by atoms with Gasteiger partial charge in [-0.25, -0.2) is 0 Å². The van der Waals surface area contributed by atoms with E-state index in [1.165, 1.54) is 0 Å². The van der Waals surface area contributed by atoms with Gasteiger partial charge in [0.25, 0.3) is 0 Å². The molecule has 1 aliphatic rings. The first-order chi connectivity index (χ1) is 14.0. The molecule has 9 nitrogen and oxygen atoms in total. The van der Waals surface area contributed by atoms with Gasteiger partial charge in [-0.1, -0.05) is 5.16 Å². The minimum absolute atomic E-state index is 0.0102. The Bertz CT molecular complexity index is 858. The molecule has 1 aromatic carbocycles. The van der Waals surface area contributed by atoms with E-state index in [4.69, 9.17) is 14.0 Å². The van der Waals surface area contributed by atoms with Crippen molar-refractivity contribution in [2.24, 2.45) is 5.92 Å². The number of amides is 2. The summed E-state index contributed by atoms with van der Waals surface area (Å²) in [6.07, 6.45) is 2.04. The Morgan fingerprint density at radius 2 is 1.93 bits per heavy atom. The molecule has 3 rings (SSSR count). The minimum Gasteiger partial charge on any atom is -0.493 e. The summed E-state index contributed by atoms with van der Waals surface area (Å²) in [7, 11) is 4.77. The molecule has 156 valence electrons. The van der Waals surface area contributed by atoms with Crippen LogP contribution in [0.2, 0.25) is 0 Å². The first-order valence-electron chi connectivity index (χ1n) is 9.60. The van der Waals surface area contributed by atoms with Crippen molar-refractivity contribution in [1.82, 2.24) is 20.4 Å². The van der Waals surface area contributed by atoms with Crippen molar-refractivity contribution < 1.29 is 23.6 Å². The maximum absolute atomic E-state index is 12.5. The monoisotopic (exact) mass is 402 g/mol. The molecule has 2 heterocycles. The van der Waals surface area contributed by atoms with Crippen molar-refractivity contribution in [2.75, 3.05) is 34.4 Å². The van der Waals surface area contributed by atoms with Gasteiger partial charge in [-0.15, -0.1) is 0 Å². The number of aryl methyl sites for hydroxylation is 1. The summed E-state index contributed by atoms with van der Waals surface area (Å²) in [6, 6.07) is 5.36. The molecule has 0 unspecified atom stereocenters. The normalized spacial score (nSPS) is 14.5. The van der Waals surface area contributed by atoms with Gasteiger partial charge in [-0.3, -0.25) is 9.59 Å². The van der Waals surface area contributed by atoms with Crippen LogP contribution in [0.1, 0.15) is 25.2 Å². The number of likely N-dealkylation sites (tertiary alicyclic amines) is 1. The lowest BCUT2D eigenvalue weighted by molar-refractivity contribution is -0.135. The SMILES string of the molecule is CNC(=O)C1CCN(C(=O)CCc2nc(-c3ccc(OC)c(OC)c3)no2)CC1. The van der Waals surface area contributed by atoms with E-state index in [0.29, 0.717) is 55.6 Å². The van der Waals surface area contributed by atoms with Crippen LogP contribution in [0.4, 0.5) is 0 Å². The molecule has 2 amide bonds. The maximum Gasteiger partial charge on any atom is 0.227 e. The third-order valence-corrected chi connectivity index (χ3v) is 5.13. The highest BCUT2D eigenvalue weighted by atomic mass is 16.5. The molecule has 1 aliphatic heterocycles. The van der Waals surface area contributed by atoms with Gasteiger partial charge in [0.05, 0.1) is 14.2 Å². The van der Waals surface area contributed by atoms with Crippen LogP contribution in [-0.2, 0) is 16.0 Å². The second kappa shape index (κ2) is 9.40. The highest BCUT2D eigenvalue weighted by Gasteiger charge is 2.26. The summed E-state index contributed by atoms with van der Waals surface area (Å²) in [4.78, 5) is 30.3. The van der Waals surface area contributed by atoms with E-state index < -0.39 is 0 Å². The van der Waals surface area contributed by atoms with E-state index >= 15 is 0 Å². The van der Waals surface area contributed by atoms with E-state index in [1.807, 2.05) is 6.07 Å². The Morgan fingerprint density at radius 3 is 2.59 bits per heavy atom. The second-order valence-corrected chi connectivity index (χ2v) is 6.85. The molecule has 0 aliphatic carbocycles. The molecule has 2 aromatic rings. The van der Waals surface area contributed by atoms with Gasteiger partial charge < -0.3 is 24.2 Å². The largest absolute Gasteiger partial charge is 0.493 e. The number of hydrogen-bond donors (Lipinski definition) is 1. The van der Waals surface area contributed by atoms with Crippen molar-refractivity contribution >= 4 is 11.8 Å². The number of carbonyl (C=O) groups is 2. The number of benzene rings is 1. The van der Waals surface area contributed by atoms with Crippen molar-refractivity contribution in [3.8, 4) is 22.9 Å². The van der Waals surface area contributed by atoms with Crippen LogP contribution >= 0.6 is 0 Å². The highest BCUT2D eigenvalue weighted by molar-refractivity contribution is 5.80. The second-order valence-electron chi connectivity index (χ2n) is 6.85. The van der Waals surface area contributed by atoms with Gasteiger partial charge in [-0.05, 0) is 31.0 Å². The lowest BCUT2D eigenvalue weighted by Crippen LogP contribution is -2.42. The number of carbonyl (C=O) groups excluding carboxylic acids is 2. The molecule has 0 radical (unpaired) electrons. The van der Waals surface area contributed by atoms with E-state index in [9.17, 15) is 9.59 Å². The summed E-state index contributed by atoms with van der Waals surface area (Å²) >= 11 is 0. The number of rotatable bonds is 7. The summed E-state index contributed by atoms with van der Waals surface area (Å²) in [5, 5.41) is 6.66. The van der Waals surface area contributed by atoms with Crippen LogP contribution in [0, 0.1) is 5.92 Å². The molecule has 29 heavy (non-hydrogen) atoms. The smallest absolute Gasteiger partial charge is 0.227 e. The van der Waals surface area contributed by atoms with Crippen molar-refractivity contribution in [3.63, 3.8) is 0 Å². The Kier molecular flexibility index (Phi) is 6.69. The van der Waals surface area contributed by atoms with Gasteiger partial charge in [0, 0.05) is 44.5 Å². The van der Waals surface area contributed by atoms with Crippen molar-refractivity contribution in [2.45, 2.75) is 25.7 Å². The minimum atomic E-state index is -0.0102. The molecular formula is C20H26N4O5. The number of ether oxygens (including phenoxy) is 2. The molecule has 1 aromatic heterocycles. The zero-order chi connectivity index (χ0) is 20.8. The Labute approximate surface area is 169 Å². The van der Waals surface area contributed by atoms with Crippen LogP contribution in [0.3, 0.4) is 0 Å². The number of hydrogen-bond acceptors (Lipinski definition) is 7. The molecule has 0 atom stereocenters. The number of piperidine rings is 1. The quantitative estimate of drug-likeness (QED) is 0.751. The van der Waals surface area contributed by atoms with E-state index in [1.54, 1.807) is 38.3 Å². The molecule has 1 saturated heterocycles. The van der Waals surface area contributed by atoms with Gasteiger partial charge in [0.1, 0.15) is 0 Å². The zero-order valence-electron chi connectivity index (χ0n) is 16.9. The topological polar surface area (TPSA) is 107 Å². The van der Waals surface area contributed by atoms with Crippen LogP contribution in [0.5, 0.6) is 11.5 Å². The van der Waals surface area contributed by atoms with Gasteiger partial charge in [0.15, 0.2) is 11.5 Å². The lowest BCUT2D eigenvalue weighted by atomic mass is 9.96. The number of nitrogens with one attached hydrogen (secondary N) is 1. The van der Waals surface area contributed by atoms with E-state index in [2.05, 4.69) is 15.5 Å². The van der Waals surface area contributed by atoms with Gasteiger partial charge in [-0.2, -0.15) is 4.98 Å². The number of methoxy groups -OCH3 is 2. The fraction of sp³-hybridized carbons (Fsp3) is 0.500. The van der Waals surface area contributed by atoms with E-state index in [0.717, 1.165) is 5.56 Å². The zero-order valence-corrected chi connectivity index (χ0v) is 16.9. The van der Waals surface area contributed by atoms with Crippen LogP contribution < -0.4 is 14.8 Å². The van der Waals surface area contributed by atoms with Crippen LogP contribution in [0.25, 0.3) is 11.4 Å². The standard InChI is InChI=1S/C20H26N4O5/c1-21-20(26)13-8-10-24(11-9-13)18(25)7-6-17-22-19(23-29-17)14-4-5-15(27-2)16(12-14)28-3/h4-5,12-13H,6-11H2,1-3H3,(H,21,26). The molecule has 0 bridgehead atoms. The number of nitrogens with zero attached hydrogens (tertiary/aromatic N) is 3. The predicted octanol–water partition coefficient (Wildman–Crippen LogP) is 1.67. The predicted molar refractivity (Wildman–Crippen MR) is 105 cm³/mol. The van der Waals surface area contributed by atoms with Crippen LogP contribution in [-0.4, -0.2) is 61.2 Å². The average Bonchev–Trinajstić information content (AvgIpc) is 3.25. The fourth-order valence-electron chi connectivity index (χ4n) is 3.42. The highest BCUT2D eigenvalue weighted by Crippen LogP contribution is 2.31. The summed E-state index contributed by atoms with van der Waals surface area (Å²) in [5.41, 5.74) is 0.736. The Balaban J connectivity index is 1.54. The first kappa shape index (κ1) is 20.6. The average molecular weight is 402 g/mol. The molecule has 9 heteroatoms. The van der Waals surface area contributed by atoms with E-state index in [-0.39, 0.29) is 24.2 Å². The summed E-state index contributed by atoms with van der Waals surface area (Å²) < 4.78 is 15.8. The van der Waals surface area contributed by atoms with Crippen molar-refractivity contribution in [3.05, 3.63) is 24.1 Å². The fourth-order valence-corrected chi connectivity index (χ4v) is 3.42. The van der Waals surface area contributed by atoms with Gasteiger partial charge in [0.2, 0.25) is 23.5 Å². The van der Waals surface area contributed by atoms with Crippen LogP contribution in [0.15, 0.2) is 22.7 Å². The third kappa shape index (κ3) is 4.85. The van der Waals surface area contributed by atoms with Gasteiger partial charge >= 0.3 is 0 Å². The Morgan fingerprint density at radius 1 is 1.21 bits per heavy atom. The first-order valence-corrected chi connectivity index (χ1v) is 9.60. The van der Waals surface area contributed by atoms with Crippen molar-refractivity contribution in [1.29, 1.82) is 0 Å². The summed E-state index contributed by atoms with van der Waals surface area (Å²) in [6.45, 7) is 1.19.